The van der Waals surface area contributed by atoms with Crippen LogP contribution < -0.4 is 20.1 Å². The van der Waals surface area contributed by atoms with Crippen molar-refractivity contribution in [3.05, 3.63) is 90.1 Å². The van der Waals surface area contributed by atoms with E-state index in [1.807, 2.05) is 19.2 Å². The Morgan fingerprint density at radius 1 is 0.929 bits per heavy atom. The highest BCUT2D eigenvalue weighted by atomic mass is 16.5. The predicted octanol–water partition coefficient (Wildman–Crippen LogP) is 4.62. The number of rotatable bonds is 10. The lowest BCUT2D eigenvalue weighted by atomic mass is 10.0. The number of carbonyl (C=O) groups excluding carboxylic acids is 3. The summed E-state index contributed by atoms with van der Waals surface area (Å²) in [5, 5.41) is 6.94. The van der Waals surface area contributed by atoms with Gasteiger partial charge in [-0.05, 0) is 72.9 Å². The summed E-state index contributed by atoms with van der Waals surface area (Å²) in [6, 6.07) is 20.5. The third-order valence-corrected chi connectivity index (χ3v) is 7.82. The number of methoxy groups -OCH3 is 2. The maximum atomic E-state index is 13.6. The number of nitrogens with one attached hydrogen (secondary N) is 2. The van der Waals surface area contributed by atoms with Crippen LogP contribution in [-0.4, -0.2) is 54.0 Å². The Morgan fingerprint density at radius 3 is 2.29 bits per heavy atom. The van der Waals surface area contributed by atoms with Crippen molar-refractivity contribution < 1.29 is 23.9 Å². The van der Waals surface area contributed by atoms with Crippen LogP contribution in [0.4, 0.5) is 5.69 Å². The van der Waals surface area contributed by atoms with E-state index in [9.17, 15) is 14.4 Å². The minimum absolute atomic E-state index is 0.0655. The van der Waals surface area contributed by atoms with Gasteiger partial charge in [0.05, 0.1) is 14.2 Å². The first-order chi connectivity index (χ1) is 20.4. The number of benzene rings is 3. The summed E-state index contributed by atoms with van der Waals surface area (Å²) in [5.41, 5.74) is 3.40. The van der Waals surface area contributed by atoms with Gasteiger partial charge in [-0.2, -0.15) is 0 Å². The summed E-state index contributed by atoms with van der Waals surface area (Å²) in [7, 11) is 5.14. The molecule has 9 heteroatoms. The molecular weight excluding hydrogens is 532 g/mol. The Bertz CT molecular complexity index is 1560. The van der Waals surface area contributed by atoms with Crippen molar-refractivity contribution >= 4 is 34.3 Å². The molecule has 218 valence electrons. The van der Waals surface area contributed by atoms with Gasteiger partial charge in [-0.1, -0.05) is 30.3 Å². The maximum Gasteiger partial charge on any atom is 0.251 e. The Hall–Kier alpha value is -4.79. The number of aryl methyl sites for hydroxylation is 2. The summed E-state index contributed by atoms with van der Waals surface area (Å²) in [4.78, 5) is 42.1. The first-order valence-corrected chi connectivity index (χ1v) is 14.1. The number of anilines is 1. The topological polar surface area (TPSA) is 102 Å². The van der Waals surface area contributed by atoms with Crippen LogP contribution in [0.3, 0.4) is 0 Å². The van der Waals surface area contributed by atoms with Crippen LogP contribution in [0, 0.1) is 0 Å². The fourth-order valence-electron chi connectivity index (χ4n) is 5.57. The van der Waals surface area contributed by atoms with Gasteiger partial charge in [0.2, 0.25) is 11.8 Å². The molecule has 1 aromatic heterocycles. The van der Waals surface area contributed by atoms with E-state index in [1.165, 1.54) is 0 Å². The minimum atomic E-state index is -0.973. The molecule has 0 radical (unpaired) electrons. The van der Waals surface area contributed by atoms with Crippen LogP contribution in [0.5, 0.6) is 11.5 Å². The largest absolute Gasteiger partial charge is 0.497 e. The van der Waals surface area contributed by atoms with Gasteiger partial charge in [-0.3, -0.25) is 14.4 Å². The molecule has 0 saturated carbocycles. The quantitative estimate of drug-likeness (QED) is 0.291. The molecule has 0 spiro atoms. The highest BCUT2D eigenvalue weighted by Crippen LogP contribution is 2.26. The molecule has 3 aromatic carbocycles. The Morgan fingerprint density at radius 2 is 1.60 bits per heavy atom. The van der Waals surface area contributed by atoms with Crippen molar-refractivity contribution in [2.75, 3.05) is 26.1 Å². The average molecular weight is 569 g/mol. The molecule has 1 saturated heterocycles. The smallest absolute Gasteiger partial charge is 0.251 e. The van der Waals surface area contributed by atoms with Crippen molar-refractivity contribution in [1.29, 1.82) is 0 Å². The number of fused-ring (bicyclic) bond motifs is 1. The van der Waals surface area contributed by atoms with Crippen LogP contribution >= 0.6 is 0 Å². The van der Waals surface area contributed by atoms with E-state index in [-0.39, 0.29) is 11.8 Å². The molecule has 2 heterocycles. The normalized spacial score (nSPS) is 15.3. The van der Waals surface area contributed by atoms with E-state index in [0.29, 0.717) is 48.6 Å². The van der Waals surface area contributed by atoms with Gasteiger partial charge in [-0.15, -0.1) is 0 Å². The molecule has 0 unspecified atom stereocenters. The molecular formula is C33H36N4O5. The van der Waals surface area contributed by atoms with Crippen LogP contribution in [0.25, 0.3) is 10.9 Å². The summed E-state index contributed by atoms with van der Waals surface area (Å²) in [6.07, 6.45) is 4.22. The number of carbonyl (C=O) groups is 3. The number of aromatic nitrogens is 1. The zero-order valence-corrected chi connectivity index (χ0v) is 24.1. The van der Waals surface area contributed by atoms with Gasteiger partial charge >= 0.3 is 0 Å². The zero-order valence-electron chi connectivity index (χ0n) is 24.1. The standard InChI is InChI=1S/C33H36N4O5/c1-36-21-23(27-7-4-5-8-28(27)36)12-19-30(38)37-20-6-9-29(37)32(39)35-31(22-10-15-25(41-2)16-11-22)33(40)34-24-13-17-26(42-3)18-14-24/h4-5,7-8,10-11,13-18,21,29,31H,6,9,12,19-20H2,1-3H3,(H,34,40)(H,35,39)/t29-,31-/m0/s1. The molecule has 0 bridgehead atoms. The zero-order chi connectivity index (χ0) is 29.6. The van der Waals surface area contributed by atoms with E-state index >= 15 is 0 Å². The van der Waals surface area contributed by atoms with E-state index in [1.54, 1.807) is 67.7 Å². The van der Waals surface area contributed by atoms with Gasteiger partial charge in [0, 0.05) is 42.8 Å². The predicted molar refractivity (Wildman–Crippen MR) is 161 cm³/mol. The van der Waals surface area contributed by atoms with Crippen LogP contribution in [0.15, 0.2) is 79.0 Å². The molecule has 1 fully saturated rings. The van der Waals surface area contributed by atoms with E-state index in [2.05, 4.69) is 33.5 Å². The van der Waals surface area contributed by atoms with Crippen LogP contribution in [0.1, 0.15) is 36.4 Å². The fraction of sp³-hybridized carbons (Fsp3) is 0.303. The van der Waals surface area contributed by atoms with Gasteiger partial charge in [-0.25, -0.2) is 0 Å². The second-order valence-electron chi connectivity index (χ2n) is 10.5. The lowest BCUT2D eigenvalue weighted by Crippen LogP contribution is -2.48. The third-order valence-electron chi connectivity index (χ3n) is 7.82. The number of likely N-dealkylation sites (tertiary alicyclic amines) is 1. The van der Waals surface area contributed by atoms with Crippen molar-refractivity contribution in [2.24, 2.45) is 7.05 Å². The molecule has 5 rings (SSSR count). The highest BCUT2D eigenvalue weighted by Gasteiger charge is 2.36. The van der Waals surface area contributed by atoms with Crippen molar-refractivity contribution in [2.45, 2.75) is 37.8 Å². The molecule has 1 aliphatic heterocycles. The van der Waals surface area contributed by atoms with Gasteiger partial charge in [0.25, 0.3) is 5.91 Å². The SMILES string of the molecule is COc1ccc(NC(=O)[C@@H](NC(=O)[C@@H]2CCCN2C(=O)CCc2cn(C)c3ccccc23)c2ccc(OC)cc2)cc1. The number of ether oxygens (including phenoxy) is 2. The second-order valence-corrected chi connectivity index (χ2v) is 10.5. The number of amides is 3. The molecule has 3 amide bonds. The average Bonchev–Trinajstić information content (AvgIpc) is 3.64. The molecule has 2 N–H and O–H groups in total. The summed E-state index contributed by atoms with van der Waals surface area (Å²) in [6.45, 7) is 0.512. The maximum absolute atomic E-state index is 13.6. The van der Waals surface area contributed by atoms with E-state index < -0.39 is 18.0 Å². The molecule has 9 nitrogen and oxygen atoms in total. The van der Waals surface area contributed by atoms with Gasteiger partial charge in [0.1, 0.15) is 23.6 Å². The monoisotopic (exact) mass is 568 g/mol. The van der Waals surface area contributed by atoms with E-state index in [4.69, 9.17) is 9.47 Å². The lowest BCUT2D eigenvalue weighted by molar-refractivity contribution is -0.139. The summed E-state index contributed by atoms with van der Waals surface area (Å²) in [5.74, 6) is 0.490. The van der Waals surface area contributed by atoms with Gasteiger partial charge in [0.15, 0.2) is 0 Å². The fourth-order valence-corrected chi connectivity index (χ4v) is 5.57. The molecule has 4 aromatic rings. The highest BCUT2D eigenvalue weighted by molar-refractivity contribution is 5.99. The van der Waals surface area contributed by atoms with Crippen LogP contribution in [-0.2, 0) is 27.9 Å². The molecule has 42 heavy (non-hydrogen) atoms. The van der Waals surface area contributed by atoms with Crippen molar-refractivity contribution in [3.63, 3.8) is 0 Å². The number of hydrogen-bond acceptors (Lipinski definition) is 5. The summed E-state index contributed by atoms with van der Waals surface area (Å²) >= 11 is 0. The molecule has 1 aliphatic rings. The Balaban J connectivity index is 1.29. The van der Waals surface area contributed by atoms with Crippen molar-refractivity contribution in [3.8, 4) is 11.5 Å². The summed E-state index contributed by atoms with van der Waals surface area (Å²) < 4.78 is 12.5. The lowest BCUT2D eigenvalue weighted by Gasteiger charge is -2.27. The number of para-hydroxylation sites is 1. The van der Waals surface area contributed by atoms with Crippen molar-refractivity contribution in [1.82, 2.24) is 14.8 Å². The second kappa shape index (κ2) is 12.8. The first-order valence-electron chi connectivity index (χ1n) is 14.1. The third kappa shape index (κ3) is 6.25. The number of nitrogens with zero attached hydrogens (tertiary/aromatic N) is 2. The Labute approximate surface area is 245 Å². The van der Waals surface area contributed by atoms with Gasteiger partial charge < -0.3 is 29.6 Å². The molecule has 2 atom stereocenters. The minimum Gasteiger partial charge on any atom is -0.497 e. The van der Waals surface area contributed by atoms with Crippen LogP contribution in [0.2, 0.25) is 0 Å². The van der Waals surface area contributed by atoms with E-state index in [0.717, 1.165) is 22.9 Å². The Kier molecular flexibility index (Phi) is 8.76. The molecule has 0 aliphatic carbocycles. The first kappa shape index (κ1) is 28.7. The number of hydrogen-bond donors (Lipinski definition) is 2.